The maximum atomic E-state index is 12.1. The molecule has 1 aromatic carbocycles. The van der Waals surface area contributed by atoms with Crippen LogP contribution in [0.1, 0.15) is 44.5 Å². The van der Waals surface area contributed by atoms with Gasteiger partial charge >= 0.3 is 5.97 Å². The number of hydrogen-bond acceptors (Lipinski definition) is 4. The number of ether oxygens (including phenoxy) is 1. The third-order valence-corrected chi connectivity index (χ3v) is 3.20. The molecule has 0 saturated heterocycles. The Morgan fingerprint density at radius 3 is 2.18 bits per heavy atom. The maximum absolute atomic E-state index is 12.1. The van der Waals surface area contributed by atoms with Crippen molar-refractivity contribution in [1.82, 2.24) is 5.32 Å². The quantitative estimate of drug-likeness (QED) is 0.686. The van der Waals surface area contributed by atoms with Crippen LogP contribution in [-0.4, -0.2) is 35.5 Å². The molecule has 0 aliphatic heterocycles. The zero-order valence-corrected chi connectivity index (χ0v) is 13.6. The summed E-state index contributed by atoms with van der Waals surface area (Å²) in [5, 5.41) is 12.0. The number of carbonyl (C=O) groups is 2. The van der Waals surface area contributed by atoms with Gasteiger partial charge in [0.05, 0.1) is 6.10 Å². The van der Waals surface area contributed by atoms with Crippen molar-refractivity contribution in [3.8, 4) is 5.75 Å². The van der Waals surface area contributed by atoms with Crippen molar-refractivity contribution in [3.63, 3.8) is 0 Å². The Kier molecular flexibility index (Phi) is 7.05. The highest BCUT2D eigenvalue weighted by molar-refractivity contribution is 5.96. The van der Waals surface area contributed by atoms with Crippen molar-refractivity contribution in [2.75, 3.05) is 6.54 Å². The molecule has 0 aromatic heterocycles. The lowest BCUT2D eigenvalue weighted by molar-refractivity contribution is -0.140. The van der Waals surface area contributed by atoms with Crippen molar-refractivity contribution in [1.29, 1.82) is 0 Å². The second-order valence-corrected chi connectivity index (χ2v) is 5.88. The topological polar surface area (TPSA) is 75.6 Å². The zero-order valence-electron chi connectivity index (χ0n) is 13.6. The van der Waals surface area contributed by atoms with Crippen LogP contribution in [0.3, 0.4) is 0 Å². The molecule has 0 fully saturated rings. The highest BCUT2D eigenvalue weighted by Crippen LogP contribution is 2.15. The Hall–Kier alpha value is -1.88. The van der Waals surface area contributed by atoms with E-state index in [9.17, 15) is 9.59 Å². The van der Waals surface area contributed by atoms with Gasteiger partial charge in [-0.05, 0) is 44.0 Å². The number of carboxylic acid groups (broad SMARTS) is 1. The minimum Gasteiger partial charge on any atom is -0.491 e. The fourth-order valence-corrected chi connectivity index (χ4v) is 2.09. The zero-order chi connectivity index (χ0) is 16.7. The van der Waals surface area contributed by atoms with Crippen LogP contribution in [0.2, 0.25) is 0 Å². The van der Waals surface area contributed by atoms with Crippen molar-refractivity contribution in [2.24, 2.45) is 5.92 Å². The van der Waals surface area contributed by atoms with Gasteiger partial charge in [-0.15, -0.1) is 0 Å². The molecule has 0 amide bonds. The van der Waals surface area contributed by atoms with Crippen molar-refractivity contribution < 1.29 is 19.4 Å². The molecule has 5 heteroatoms. The van der Waals surface area contributed by atoms with E-state index in [1.165, 1.54) is 0 Å². The summed E-state index contributed by atoms with van der Waals surface area (Å²) in [7, 11) is 0. The fraction of sp³-hybridized carbons (Fsp3) is 0.529. The van der Waals surface area contributed by atoms with Crippen LogP contribution in [0, 0.1) is 5.92 Å². The number of hydrogen-bond donors (Lipinski definition) is 2. The number of carbonyl (C=O) groups excluding carboxylic acids is 1. The highest BCUT2D eigenvalue weighted by Gasteiger charge is 2.20. The molecule has 22 heavy (non-hydrogen) atoms. The van der Waals surface area contributed by atoms with Crippen molar-refractivity contribution in [2.45, 2.75) is 46.3 Å². The first kappa shape index (κ1) is 18.2. The summed E-state index contributed by atoms with van der Waals surface area (Å²) in [6.45, 7) is 7.90. The molecule has 5 nitrogen and oxygen atoms in total. The van der Waals surface area contributed by atoms with E-state index in [0.717, 1.165) is 5.75 Å². The van der Waals surface area contributed by atoms with E-state index < -0.39 is 12.0 Å². The number of carboxylic acids is 1. The monoisotopic (exact) mass is 307 g/mol. The largest absolute Gasteiger partial charge is 0.491 e. The smallest absolute Gasteiger partial charge is 0.320 e. The summed E-state index contributed by atoms with van der Waals surface area (Å²) >= 11 is 0. The average Bonchev–Trinajstić information content (AvgIpc) is 2.42. The van der Waals surface area contributed by atoms with Gasteiger partial charge in [-0.2, -0.15) is 0 Å². The molecule has 1 aromatic rings. The van der Waals surface area contributed by atoms with E-state index >= 15 is 0 Å². The molecule has 1 atom stereocenters. The van der Waals surface area contributed by atoms with E-state index in [2.05, 4.69) is 5.32 Å². The summed E-state index contributed by atoms with van der Waals surface area (Å²) in [5.74, 6) is -0.204. The first-order valence-electron chi connectivity index (χ1n) is 7.57. The molecule has 2 N–H and O–H groups in total. The summed E-state index contributed by atoms with van der Waals surface area (Å²) < 4.78 is 5.53. The van der Waals surface area contributed by atoms with E-state index in [0.29, 0.717) is 12.1 Å². The Labute approximate surface area is 131 Å². The number of rotatable bonds is 9. The third-order valence-electron chi connectivity index (χ3n) is 3.20. The normalized spacial score (nSPS) is 12.5. The SMILES string of the molecule is CC(C)Oc1ccc(C(=O)CCNC(C(=O)O)C(C)C)cc1. The Balaban J connectivity index is 2.50. The first-order chi connectivity index (χ1) is 10.3. The number of benzene rings is 1. The maximum Gasteiger partial charge on any atom is 0.320 e. The van der Waals surface area contributed by atoms with E-state index in [1.807, 2.05) is 27.7 Å². The molecule has 0 saturated carbocycles. The molecule has 0 radical (unpaired) electrons. The minimum absolute atomic E-state index is 0.0171. The third kappa shape index (κ3) is 5.85. The van der Waals surface area contributed by atoms with Crippen molar-refractivity contribution >= 4 is 11.8 Å². The van der Waals surface area contributed by atoms with Crippen LogP contribution in [-0.2, 0) is 4.79 Å². The first-order valence-corrected chi connectivity index (χ1v) is 7.57. The summed E-state index contributed by atoms with van der Waals surface area (Å²) in [6.07, 6.45) is 0.357. The Morgan fingerprint density at radius 1 is 1.14 bits per heavy atom. The van der Waals surface area contributed by atoms with Gasteiger partial charge < -0.3 is 15.2 Å². The number of nitrogens with one attached hydrogen (secondary N) is 1. The van der Waals surface area contributed by atoms with Crippen molar-refractivity contribution in [3.05, 3.63) is 29.8 Å². The van der Waals surface area contributed by atoms with Crippen LogP contribution in [0.4, 0.5) is 0 Å². The lowest BCUT2D eigenvalue weighted by Crippen LogP contribution is -2.41. The second-order valence-electron chi connectivity index (χ2n) is 5.88. The van der Waals surface area contributed by atoms with Gasteiger partial charge in [0, 0.05) is 18.5 Å². The van der Waals surface area contributed by atoms with Gasteiger partial charge in [0.2, 0.25) is 0 Å². The molecule has 1 rings (SSSR count). The summed E-state index contributed by atoms with van der Waals surface area (Å²) in [6, 6.07) is 6.38. The standard InChI is InChI=1S/C17H25NO4/c1-11(2)16(17(20)21)18-10-9-15(19)13-5-7-14(8-6-13)22-12(3)4/h5-8,11-12,16,18H,9-10H2,1-4H3,(H,20,21). The molecular weight excluding hydrogens is 282 g/mol. The number of Topliss-reactive ketones (excluding diaryl/α,β-unsaturated/α-hetero) is 1. The van der Waals surface area contributed by atoms with E-state index in [-0.39, 0.29) is 24.2 Å². The predicted octanol–water partition coefficient (Wildman–Crippen LogP) is 2.75. The van der Waals surface area contributed by atoms with Gasteiger partial charge in [0.25, 0.3) is 0 Å². The number of aliphatic carboxylic acids is 1. The molecule has 122 valence electrons. The molecule has 0 aliphatic carbocycles. The Morgan fingerprint density at radius 2 is 1.73 bits per heavy atom. The molecule has 0 aliphatic rings. The molecule has 1 unspecified atom stereocenters. The van der Waals surface area contributed by atoms with Gasteiger partial charge in [-0.25, -0.2) is 0 Å². The summed E-state index contributed by atoms with van der Waals surface area (Å²) in [5.41, 5.74) is 0.606. The molecule has 0 bridgehead atoms. The average molecular weight is 307 g/mol. The van der Waals surface area contributed by atoms with Crippen LogP contribution in [0.25, 0.3) is 0 Å². The fourth-order valence-electron chi connectivity index (χ4n) is 2.09. The van der Waals surface area contributed by atoms with Gasteiger partial charge in [0.15, 0.2) is 5.78 Å². The second kappa shape index (κ2) is 8.54. The molecular formula is C17H25NO4. The van der Waals surface area contributed by atoms with Crippen LogP contribution in [0.5, 0.6) is 5.75 Å². The molecule has 0 spiro atoms. The molecule has 0 heterocycles. The van der Waals surface area contributed by atoms with Crippen LogP contribution >= 0.6 is 0 Å². The van der Waals surface area contributed by atoms with Gasteiger partial charge in [-0.3, -0.25) is 9.59 Å². The minimum atomic E-state index is -0.891. The van der Waals surface area contributed by atoms with Crippen LogP contribution < -0.4 is 10.1 Å². The lowest BCUT2D eigenvalue weighted by atomic mass is 10.0. The number of ketones is 1. The van der Waals surface area contributed by atoms with E-state index in [4.69, 9.17) is 9.84 Å². The highest BCUT2D eigenvalue weighted by atomic mass is 16.5. The van der Waals surface area contributed by atoms with Gasteiger partial charge in [0.1, 0.15) is 11.8 Å². The lowest BCUT2D eigenvalue weighted by Gasteiger charge is -2.17. The Bertz CT molecular complexity index is 494. The summed E-state index contributed by atoms with van der Waals surface area (Å²) in [4.78, 5) is 23.1. The predicted molar refractivity (Wildman–Crippen MR) is 85.4 cm³/mol. The van der Waals surface area contributed by atoms with E-state index in [1.54, 1.807) is 24.3 Å². The van der Waals surface area contributed by atoms with Gasteiger partial charge in [-0.1, -0.05) is 13.8 Å². The van der Waals surface area contributed by atoms with Crippen LogP contribution in [0.15, 0.2) is 24.3 Å².